The Kier molecular flexibility index (Phi) is 4.21. The summed E-state index contributed by atoms with van der Waals surface area (Å²) in [7, 11) is 0. The average molecular weight is 296 g/mol. The number of piperidine rings is 1. The van der Waals surface area contributed by atoms with Gasteiger partial charge in [0.1, 0.15) is 0 Å². The monoisotopic (exact) mass is 295 g/mol. The van der Waals surface area contributed by atoms with Gasteiger partial charge in [-0.05, 0) is 37.0 Å². The predicted octanol–water partition coefficient (Wildman–Crippen LogP) is 3.89. The van der Waals surface area contributed by atoms with Crippen molar-refractivity contribution in [3.8, 4) is 0 Å². The molecular formula is C14H18BrNO. The van der Waals surface area contributed by atoms with E-state index in [1.165, 1.54) is 19.3 Å². The molecule has 1 saturated heterocycles. The molecular weight excluding hydrogens is 278 g/mol. The van der Waals surface area contributed by atoms with Gasteiger partial charge in [-0.2, -0.15) is 0 Å². The van der Waals surface area contributed by atoms with Crippen molar-refractivity contribution in [1.29, 1.82) is 0 Å². The quantitative estimate of drug-likeness (QED) is 0.789. The van der Waals surface area contributed by atoms with Crippen molar-refractivity contribution in [2.24, 2.45) is 5.92 Å². The minimum absolute atomic E-state index is 0.795. The lowest BCUT2D eigenvalue weighted by molar-refractivity contribution is 0.112. The van der Waals surface area contributed by atoms with Gasteiger partial charge in [0.25, 0.3) is 0 Å². The van der Waals surface area contributed by atoms with E-state index in [2.05, 4.69) is 33.8 Å². The normalized spacial score (nSPS) is 17.2. The van der Waals surface area contributed by atoms with E-state index in [0.717, 1.165) is 41.0 Å². The van der Waals surface area contributed by atoms with Gasteiger partial charge >= 0.3 is 0 Å². The number of benzene rings is 1. The molecule has 0 bridgehead atoms. The lowest BCUT2D eigenvalue weighted by atomic mass is 9.94. The molecule has 0 aliphatic carbocycles. The minimum Gasteiger partial charge on any atom is -0.371 e. The van der Waals surface area contributed by atoms with Crippen LogP contribution < -0.4 is 4.90 Å². The first-order valence-corrected chi connectivity index (χ1v) is 7.03. The molecule has 1 fully saturated rings. The minimum atomic E-state index is 0.795. The fourth-order valence-corrected chi connectivity index (χ4v) is 2.82. The maximum atomic E-state index is 11.1. The molecule has 1 aromatic carbocycles. The number of halogens is 1. The van der Waals surface area contributed by atoms with E-state index in [-0.39, 0.29) is 0 Å². The molecule has 0 aromatic heterocycles. The fraction of sp³-hybridized carbons (Fsp3) is 0.500. The first-order chi connectivity index (χ1) is 8.24. The zero-order chi connectivity index (χ0) is 12.3. The number of rotatable bonds is 3. The van der Waals surface area contributed by atoms with Crippen LogP contribution in [0.15, 0.2) is 22.7 Å². The summed E-state index contributed by atoms with van der Waals surface area (Å²) in [5, 5.41) is 0. The zero-order valence-electron chi connectivity index (χ0n) is 10.2. The Morgan fingerprint density at radius 1 is 1.41 bits per heavy atom. The van der Waals surface area contributed by atoms with Crippen molar-refractivity contribution in [3.63, 3.8) is 0 Å². The van der Waals surface area contributed by atoms with Crippen molar-refractivity contribution in [1.82, 2.24) is 0 Å². The molecule has 0 saturated carbocycles. The number of hydrogen-bond acceptors (Lipinski definition) is 2. The molecule has 1 aromatic rings. The molecule has 1 heterocycles. The standard InChI is InChI=1S/C14H18BrNO/c1-2-11-5-7-16(8-6-11)14-9-13(15)4-3-12(14)10-17/h3-4,9-11H,2,5-8H2,1H3. The number of carbonyl (C=O) groups excluding carboxylic acids is 1. The highest BCUT2D eigenvalue weighted by atomic mass is 79.9. The first-order valence-electron chi connectivity index (χ1n) is 6.24. The molecule has 0 unspecified atom stereocenters. The summed E-state index contributed by atoms with van der Waals surface area (Å²) in [5.41, 5.74) is 1.87. The van der Waals surface area contributed by atoms with Crippen LogP contribution >= 0.6 is 15.9 Å². The molecule has 2 rings (SSSR count). The van der Waals surface area contributed by atoms with Crippen LogP contribution in [0.25, 0.3) is 0 Å². The van der Waals surface area contributed by atoms with Crippen molar-refractivity contribution in [2.45, 2.75) is 26.2 Å². The SMILES string of the molecule is CCC1CCN(c2cc(Br)ccc2C=O)CC1. The summed E-state index contributed by atoms with van der Waals surface area (Å²) < 4.78 is 1.04. The van der Waals surface area contributed by atoms with E-state index in [1.54, 1.807) is 0 Å². The van der Waals surface area contributed by atoms with E-state index >= 15 is 0 Å². The number of aldehydes is 1. The van der Waals surface area contributed by atoms with Crippen LogP contribution in [-0.2, 0) is 0 Å². The summed E-state index contributed by atoms with van der Waals surface area (Å²) in [6.45, 7) is 4.39. The number of nitrogens with zero attached hydrogens (tertiary/aromatic N) is 1. The van der Waals surface area contributed by atoms with Crippen molar-refractivity contribution < 1.29 is 4.79 Å². The molecule has 1 aliphatic rings. The average Bonchev–Trinajstić information content (AvgIpc) is 2.39. The van der Waals surface area contributed by atoms with Crippen molar-refractivity contribution in [2.75, 3.05) is 18.0 Å². The van der Waals surface area contributed by atoms with Crippen LogP contribution in [0.1, 0.15) is 36.5 Å². The van der Waals surface area contributed by atoms with Gasteiger partial charge in [0, 0.05) is 28.8 Å². The second kappa shape index (κ2) is 5.67. The highest BCUT2D eigenvalue weighted by molar-refractivity contribution is 9.10. The largest absolute Gasteiger partial charge is 0.371 e. The van der Waals surface area contributed by atoms with Gasteiger partial charge in [-0.25, -0.2) is 0 Å². The maximum Gasteiger partial charge on any atom is 0.152 e. The number of carbonyl (C=O) groups is 1. The smallest absolute Gasteiger partial charge is 0.152 e. The van der Waals surface area contributed by atoms with E-state index in [9.17, 15) is 4.79 Å². The third kappa shape index (κ3) is 2.89. The Morgan fingerprint density at radius 3 is 2.71 bits per heavy atom. The Hall–Kier alpha value is -0.830. The molecule has 0 radical (unpaired) electrons. The van der Waals surface area contributed by atoms with Crippen molar-refractivity contribution >= 4 is 27.9 Å². The van der Waals surface area contributed by atoms with Gasteiger partial charge in [-0.3, -0.25) is 4.79 Å². The molecule has 92 valence electrons. The highest BCUT2D eigenvalue weighted by Crippen LogP contribution is 2.29. The maximum absolute atomic E-state index is 11.1. The highest BCUT2D eigenvalue weighted by Gasteiger charge is 2.19. The molecule has 3 heteroatoms. The van der Waals surface area contributed by atoms with Gasteiger partial charge < -0.3 is 4.90 Å². The Balaban J connectivity index is 2.17. The van der Waals surface area contributed by atoms with Crippen LogP contribution in [0.2, 0.25) is 0 Å². The predicted molar refractivity (Wildman–Crippen MR) is 74.8 cm³/mol. The second-order valence-electron chi connectivity index (χ2n) is 4.66. The van der Waals surface area contributed by atoms with Gasteiger partial charge in [-0.15, -0.1) is 0 Å². The van der Waals surface area contributed by atoms with Crippen LogP contribution in [0.3, 0.4) is 0 Å². The van der Waals surface area contributed by atoms with E-state index < -0.39 is 0 Å². The molecule has 2 nitrogen and oxygen atoms in total. The second-order valence-corrected chi connectivity index (χ2v) is 5.58. The molecule has 1 aliphatic heterocycles. The Bertz CT molecular complexity index is 397. The lowest BCUT2D eigenvalue weighted by Crippen LogP contribution is -2.34. The first kappa shape index (κ1) is 12.6. The van der Waals surface area contributed by atoms with Crippen LogP contribution in [0.4, 0.5) is 5.69 Å². The van der Waals surface area contributed by atoms with E-state index in [1.807, 2.05) is 12.1 Å². The van der Waals surface area contributed by atoms with E-state index in [0.29, 0.717) is 0 Å². The van der Waals surface area contributed by atoms with Gasteiger partial charge in [0.15, 0.2) is 6.29 Å². The molecule has 0 atom stereocenters. The van der Waals surface area contributed by atoms with Gasteiger partial charge in [0.05, 0.1) is 0 Å². The topological polar surface area (TPSA) is 20.3 Å². The summed E-state index contributed by atoms with van der Waals surface area (Å²) in [6, 6.07) is 5.86. The Morgan fingerprint density at radius 2 is 2.12 bits per heavy atom. The summed E-state index contributed by atoms with van der Waals surface area (Å²) in [4.78, 5) is 13.4. The summed E-state index contributed by atoms with van der Waals surface area (Å²) in [6.07, 6.45) is 4.70. The molecule has 0 N–H and O–H groups in total. The molecule has 17 heavy (non-hydrogen) atoms. The third-order valence-electron chi connectivity index (χ3n) is 3.65. The van der Waals surface area contributed by atoms with Gasteiger partial charge in [-0.1, -0.05) is 29.3 Å². The Labute approximate surface area is 111 Å². The molecule has 0 spiro atoms. The van der Waals surface area contributed by atoms with Gasteiger partial charge in [0.2, 0.25) is 0 Å². The van der Waals surface area contributed by atoms with Crippen LogP contribution in [0.5, 0.6) is 0 Å². The zero-order valence-corrected chi connectivity index (χ0v) is 11.7. The summed E-state index contributed by atoms with van der Waals surface area (Å²) >= 11 is 3.48. The fourth-order valence-electron chi connectivity index (χ4n) is 2.47. The third-order valence-corrected chi connectivity index (χ3v) is 4.15. The number of anilines is 1. The summed E-state index contributed by atoms with van der Waals surface area (Å²) in [5.74, 6) is 0.859. The van der Waals surface area contributed by atoms with E-state index in [4.69, 9.17) is 0 Å². The molecule has 0 amide bonds. The lowest BCUT2D eigenvalue weighted by Gasteiger charge is -2.34. The number of hydrogen-bond donors (Lipinski definition) is 0. The van der Waals surface area contributed by atoms with Crippen molar-refractivity contribution in [3.05, 3.63) is 28.2 Å². The van der Waals surface area contributed by atoms with Crippen LogP contribution in [0, 0.1) is 5.92 Å². The van der Waals surface area contributed by atoms with Crippen LogP contribution in [-0.4, -0.2) is 19.4 Å².